The van der Waals surface area contributed by atoms with Crippen LogP contribution in [-0.4, -0.2) is 21.0 Å². The molecule has 2 aromatic rings. The Balaban J connectivity index is 2.14. The Kier molecular flexibility index (Phi) is 2.93. The minimum absolute atomic E-state index is 0.0231. The van der Waals surface area contributed by atoms with Crippen molar-refractivity contribution in [1.82, 2.24) is 15.2 Å². The van der Waals surface area contributed by atoms with Crippen molar-refractivity contribution in [1.29, 1.82) is 5.41 Å². The maximum absolute atomic E-state index is 7.21. The molecular formula is C8H7N5S2. The first-order valence-corrected chi connectivity index (χ1v) is 5.70. The molecule has 0 unspecified atom stereocenters. The summed E-state index contributed by atoms with van der Waals surface area (Å²) in [5.74, 6) is 0.0231. The number of nitrogens with zero attached hydrogens (tertiary/aromatic N) is 3. The number of nitrogens with two attached hydrogens (primary N) is 1. The molecular weight excluding hydrogens is 230 g/mol. The third-order valence-electron chi connectivity index (χ3n) is 1.58. The van der Waals surface area contributed by atoms with Crippen LogP contribution < -0.4 is 5.73 Å². The summed E-state index contributed by atoms with van der Waals surface area (Å²) in [6.45, 7) is 0. The van der Waals surface area contributed by atoms with Gasteiger partial charge >= 0.3 is 0 Å². The topological polar surface area (TPSA) is 88.5 Å². The molecule has 0 saturated heterocycles. The van der Waals surface area contributed by atoms with Gasteiger partial charge in [-0.3, -0.25) is 5.41 Å². The average molecular weight is 237 g/mol. The van der Waals surface area contributed by atoms with Crippen LogP contribution in [0, 0.1) is 5.41 Å². The van der Waals surface area contributed by atoms with Crippen LogP contribution in [0.4, 0.5) is 0 Å². The third-order valence-corrected chi connectivity index (χ3v) is 3.31. The van der Waals surface area contributed by atoms with Crippen LogP contribution in [0.2, 0.25) is 0 Å². The zero-order chi connectivity index (χ0) is 10.7. The maximum Gasteiger partial charge on any atom is 0.180 e. The highest BCUT2D eigenvalue weighted by Gasteiger charge is 2.02. The van der Waals surface area contributed by atoms with E-state index in [0.717, 1.165) is 9.37 Å². The van der Waals surface area contributed by atoms with Crippen LogP contribution in [0.1, 0.15) is 5.56 Å². The van der Waals surface area contributed by atoms with Crippen molar-refractivity contribution in [2.75, 3.05) is 0 Å². The van der Waals surface area contributed by atoms with Gasteiger partial charge in [-0.05, 0) is 23.9 Å². The largest absolute Gasteiger partial charge is 0.384 e. The molecule has 0 saturated carbocycles. The van der Waals surface area contributed by atoms with Crippen LogP contribution in [0.5, 0.6) is 0 Å². The lowest BCUT2D eigenvalue weighted by molar-refractivity contribution is 1.01. The van der Waals surface area contributed by atoms with Gasteiger partial charge in [-0.25, -0.2) is 4.98 Å². The molecule has 0 amide bonds. The van der Waals surface area contributed by atoms with E-state index in [-0.39, 0.29) is 5.84 Å². The summed E-state index contributed by atoms with van der Waals surface area (Å²) < 4.78 is 0.845. The lowest BCUT2D eigenvalue weighted by atomic mass is 10.3. The first-order chi connectivity index (χ1) is 7.25. The molecule has 0 aliphatic heterocycles. The first kappa shape index (κ1) is 10.1. The molecule has 0 bridgehead atoms. The van der Waals surface area contributed by atoms with Gasteiger partial charge in [0.05, 0.1) is 0 Å². The minimum atomic E-state index is 0.0231. The number of rotatable bonds is 3. The Hall–Kier alpha value is -1.47. The fraction of sp³-hybridized carbons (Fsp3) is 0. The number of pyridine rings is 1. The van der Waals surface area contributed by atoms with Gasteiger partial charge in [-0.1, -0.05) is 11.3 Å². The zero-order valence-electron chi connectivity index (χ0n) is 7.54. The molecule has 7 heteroatoms. The summed E-state index contributed by atoms with van der Waals surface area (Å²) in [5, 5.41) is 15.7. The number of nitrogens with one attached hydrogen (secondary N) is 1. The van der Waals surface area contributed by atoms with Crippen LogP contribution in [0.3, 0.4) is 0 Å². The molecule has 2 aromatic heterocycles. The van der Waals surface area contributed by atoms with Crippen molar-refractivity contribution >= 4 is 28.9 Å². The second kappa shape index (κ2) is 4.37. The second-order valence-corrected chi connectivity index (χ2v) is 4.71. The number of aromatic nitrogens is 3. The van der Waals surface area contributed by atoms with Gasteiger partial charge in [0.25, 0.3) is 0 Å². The highest BCUT2D eigenvalue weighted by molar-refractivity contribution is 8.00. The van der Waals surface area contributed by atoms with Crippen molar-refractivity contribution in [2.45, 2.75) is 9.37 Å². The van der Waals surface area contributed by atoms with Gasteiger partial charge in [-0.2, -0.15) is 0 Å². The predicted octanol–water partition coefficient (Wildman–Crippen LogP) is 1.37. The fourth-order valence-corrected chi connectivity index (χ4v) is 2.26. The smallest absolute Gasteiger partial charge is 0.180 e. The third kappa shape index (κ3) is 2.51. The maximum atomic E-state index is 7.21. The summed E-state index contributed by atoms with van der Waals surface area (Å²) in [6, 6.07) is 3.57. The molecule has 2 rings (SSSR count). The van der Waals surface area contributed by atoms with E-state index in [1.165, 1.54) is 23.1 Å². The number of amidine groups is 1. The van der Waals surface area contributed by atoms with E-state index in [4.69, 9.17) is 11.1 Å². The molecule has 15 heavy (non-hydrogen) atoms. The van der Waals surface area contributed by atoms with Crippen LogP contribution in [0.25, 0.3) is 0 Å². The van der Waals surface area contributed by atoms with Gasteiger partial charge in [0.2, 0.25) is 0 Å². The molecule has 0 aromatic carbocycles. The van der Waals surface area contributed by atoms with E-state index in [0.29, 0.717) is 5.56 Å². The molecule has 2 heterocycles. The molecule has 0 atom stereocenters. The van der Waals surface area contributed by atoms with Gasteiger partial charge in [0, 0.05) is 11.8 Å². The van der Waals surface area contributed by atoms with Crippen LogP contribution in [0.15, 0.2) is 33.2 Å². The lowest BCUT2D eigenvalue weighted by Gasteiger charge is -1.98. The molecule has 0 aliphatic rings. The second-order valence-electron chi connectivity index (χ2n) is 2.61. The highest BCUT2D eigenvalue weighted by Crippen LogP contribution is 2.26. The molecule has 76 valence electrons. The number of nitrogen functional groups attached to an aromatic ring is 1. The molecule has 3 N–H and O–H groups in total. The molecule has 0 fully saturated rings. The van der Waals surface area contributed by atoms with Gasteiger partial charge < -0.3 is 5.73 Å². The Morgan fingerprint density at radius 1 is 1.47 bits per heavy atom. The molecule has 0 radical (unpaired) electrons. The Bertz CT molecular complexity index is 450. The summed E-state index contributed by atoms with van der Waals surface area (Å²) in [7, 11) is 0. The summed E-state index contributed by atoms with van der Waals surface area (Å²) in [6.07, 6.45) is 1.58. The van der Waals surface area contributed by atoms with Crippen molar-refractivity contribution < 1.29 is 0 Å². The van der Waals surface area contributed by atoms with Gasteiger partial charge in [0.15, 0.2) is 4.34 Å². The summed E-state index contributed by atoms with van der Waals surface area (Å²) in [4.78, 5) is 4.16. The first-order valence-electron chi connectivity index (χ1n) is 4.00. The Morgan fingerprint density at radius 2 is 2.33 bits per heavy atom. The zero-order valence-corrected chi connectivity index (χ0v) is 9.18. The summed E-state index contributed by atoms with van der Waals surface area (Å²) in [5.41, 5.74) is 7.61. The quantitative estimate of drug-likeness (QED) is 0.621. The standard InChI is InChI=1S/C8H7N5S2/c9-7(10)5-1-2-6(11-3-5)15-8-13-12-4-14-8/h1-4H,(H3,9,10). The van der Waals surface area contributed by atoms with Crippen molar-refractivity contribution in [3.8, 4) is 0 Å². The number of hydrogen-bond donors (Lipinski definition) is 2. The van der Waals surface area contributed by atoms with E-state index in [1.54, 1.807) is 17.8 Å². The SMILES string of the molecule is N=C(N)c1ccc(Sc2nncs2)nc1. The summed E-state index contributed by atoms with van der Waals surface area (Å²) >= 11 is 2.90. The van der Waals surface area contributed by atoms with Crippen LogP contribution >= 0.6 is 23.1 Å². The normalized spacial score (nSPS) is 10.1. The fourth-order valence-electron chi connectivity index (χ4n) is 0.897. The van der Waals surface area contributed by atoms with E-state index in [9.17, 15) is 0 Å². The van der Waals surface area contributed by atoms with Gasteiger partial charge in [-0.15, -0.1) is 10.2 Å². The van der Waals surface area contributed by atoms with Crippen molar-refractivity contribution in [3.05, 3.63) is 29.4 Å². The van der Waals surface area contributed by atoms with Gasteiger partial charge in [0.1, 0.15) is 16.4 Å². The van der Waals surface area contributed by atoms with Crippen molar-refractivity contribution in [2.24, 2.45) is 5.73 Å². The van der Waals surface area contributed by atoms with E-state index >= 15 is 0 Å². The van der Waals surface area contributed by atoms with Crippen LogP contribution in [-0.2, 0) is 0 Å². The number of hydrogen-bond acceptors (Lipinski definition) is 6. The minimum Gasteiger partial charge on any atom is -0.384 e. The molecule has 0 spiro atoms. The van der Waals surface area contributed by atoms with E-state index < -0.39 is 0 Å². The lowest BCUT2D eigenvalue weighted by Crippen LogP contribution is -2.10. The Morgan fingerprint density at radius 3 is 2.87 bits per heavy atom. The Labute approximate surface area is 94.3 Å². The van der Waals surface area contributed by atoms with Crippen molar-refractivity contribution in [3.63, 3.8) is 0 Å². The highest BCUT2D eigenvalue weighted by atomic mass is 32.2. The van der Waals surface area contributed by atoms with E-state index in [2.05, 4.69) is 15.2 Å². The predicted molar refractivity (Wildman–Crippen MR) is 59.3 cm³/mol. The monoisotopic (exact) mass is 237 g/mol. The average Bonchev–Trinajstić information content (AvgIpc) is 2.71. The molecule has 0 aliphatic carbocycles. The molecule has 5 nitrogen and oxygen atoms in total. The van der Waals surface area contributed by atoms with E-state index in [1.807, 2.05) is 6.07 Å².